The van der Waals surface area contributed by atoms with Crippen molar-refractivity contribution in [2.45, 2.75) is 6.61 Å². The van der Waals surface area contributed by atoms with E-state index in [-0.39, 0.29) is 6.61 Å². The number of hydrogen-bond acceptors (Lipinski definition) is 9. The minimum Gasteiger partial charge on any atom is -0.493 e. The van der Waals surface area contributed by atoms with Crippen molar-refractivity contribution < 1.29 is 19.0 Å². The molecule has 0 fully saturated rings. The molecule has 148 valence electrons. The summed E-state index contributed by atoms with van der Waals surface area (Å²) in [4.78, 5) is 22.3. The lowest BCUT2D eigenvalue weighted by atomic mass is 10.2. The van der Waals surface area contributed by atoms with Gasteiger partial charge in [-0.3, -0.25) is 0 Å². The van der Waals surface area contributed by atoms with Crippen LogP contribution in [0.4, 0.5) is 0 Å². The van der Waals surface area contributed by atoms with Gasteiger partial charge < -0.3 is 14.2 Å². The summed E-state index contributed by atoms with van der Waals surface area (Å²) in [7, 11) is 3.19. The fraction of sp³-hybridized carbons (Fsp3) is 0.150. The van der Waals surface area contributed by atoms with Gasteiger partial charge >= 0.3 is 5.97 Å². The number of thiazole rings is 2. The average molecular weight is 445 g/mol. The van der Waals surface area contributed by atoms with Crippen LogP contribution in [0.25, 0.3) is 20.5 Å². The molecule has 0 bridgehead atoms. The van der Waals surface area contributed by atoms with E-state index in [2.05, 4.69) is 9.97 Å². The molecule has 0 aliphatic rings. The molecule has 0 spiro atoms. The van der Waals surface area contributed by atoms with Crippen LogP contribution < -0.4 is 9.47 Å². The van der Waals surface area contributed by atoms with Crippen LogP contribution in [0, 0.1) is 0 Å². The quantitative estimate of drug-likeness (QED) is 0.357. The first-order valence-electron chi connectivity index (χ1n) is 8.51. The third-order valence-electron chi connectivity index (χ3n) is 3.98. The van der Waals surface area contributed by atoms with Crippen LogP contribution in [0.2, 0.25) is 0 Å². The maximum Gasteiger partial charge on any atom is 0.358 e. The zero-order chi connectivity index (χ0) is 20.2. The van der Waals surface area contributed by atoms with Gasteiger partial charge in [-0.1, -0.05) is 6.07 Å². The Hall–Kier alpha value is -2.75. The smallest absolute Gasteiger partial charge is 0.358 e. The molecule has 3 heterocycles. The van der Waals surface area contributed by atoms with Gasteiger partial charge in [-0.15, -0.1) is 34.0 Å². The predicted octanol–water partition coefficient (Wildman–Crippen LogP) is 5.37. The normalized spacial score (nSPS) is 10.7. The Kier molecular flexibility index (Phi) is 5.89. The summed E-state index contributed by atoms with van der Waals surface area (Å²) in [6.45, 7) is 0.0918. The van der Waals surface area contributed by atoms with Crippen LogP contribution >= 0.6 is 34.0 Å². The van der Waals surface area contributed by atoms with Gasteiger partial charge in [0.05, 0.1) is 24.8 Å². The third kappa shape index (κ3) is 4.31. The first-order chi connectivity index (χ1) is 14.2. The highest BCUT2D eigenvalue weighted by Gasteiger charge is 2.15. The maximum absolute atomic E-state index is 12.3. The van der Waals surface area contributed by atoms with Gasteiger partial charge in [0.15, 0.2) is 17.2 Å². The van der Waals surface area contributed by atoms with Gasteiger partial charge in [-0.2, -0.15) is 0 Å². The molecule has 0 saturated carbocycles. The van der Waals surface area contributed by atoms with Crippen LogP contribution in [0.3, 0.4) is 0 Å². The van der Waals surface area contributed by atoms with E-state index in [9.17, 15) is 4.79 Å². The predicted molar refractivity (Wildman–Crippen MR) is 115 cm³/mol. The Bertz CT molecular complexity index is 1120. The number of carbonyl (C=O) groups is 1. The zero-order valence-corrected chi connectivity index (χ0v) is 18.0. The number of carbonyl (C=O) groups excluding carboxylic acids is 1. The van der Waals surface area contributed by atoms with E-state index in [0.717, 1.165) is 20.5 Å². The van der Waals surface area contributed by atoms with Crippen molar-refractivity contribution in [3.05, 3.63) is 57.9 Å². The number of ether oxygens (including phenoxy) is 3. The summed E-state index contributed by atoms with van der Waals surface area (Å²) in [5.41, 5.74) is 1.90. The number of rotatable bonds is 7. The number of nitrogens with zero attached hydrogens (tertiary/aromatic N) is 2. The second kappa shape index (κ2) is 8.73. The molecule has 6 nitrogen and oxygen atoms in total. The van der Waals surface area contributed by atoms with E-state index in [4.69, 9.17) is 14.2 Å². The highest BCUT2D eigenvalue weighted by molar-refractivity contribution is 7.20. The van der Waals surface area contributed by atoms with Crippen molar-refractivity contribution in [3.63, 3.8) is 0 Å². The minimum absolute atomic E-state index is 0.0918. The molecular formula is C20H16N2O4S3. The van der Waals surface area contributed by atoms with Crippen molar-refractivity contribution in [2.75, 3.05) is 14.2 Å². The topological polar surface area (TPSA) is 70.5 Å². The third-order valence-corrected chi connectivity index (χ3v) is 6.80. The molecule has 0 aliphatic heterocycles. The lowest BCUT2D eigenvalue weighted by molar-refractivity contribution is 0.0462. The molecule has 0 atom stereocenters. The van der Waals surface area contributed by atoms with Crippen molar-refractivity contribution >= 4 is 40.0 Å². The van der Waals surface area contributed by atoms with Crippen molar-refractivity contribution in [1.82, 2.24) is 9.97 Å². The van der Waals surface area contributed by atoms with Gasteiger partial charge in [0.2, 0.25) is 0 Å². The first-order valence-corrected chi connectivity index (χ1v) is 11.1. The van der Waals surface area contributed by atoms with Gasteiger partial charge in [0.25, 0.3) is 0 Å². The average Bonchev–Trinajstić information content (AvgIpc) is 3.52. The lowest BCUT2D eigenvalue weighted by Gasteiger charge is -2.08. The van der Waals surface area contributed by atoms with Crippen molar-refractivity contribution in [3.8, 4) is 32.0 Å². The van der Waals surface area contributed by atoms with E-state index >= 15 is 0 Å². The van der Waals surface area contributed by atoms with Gasteiger partial charge in [0, 0.05) is 16.3 Å². The summed E-state index contributed by atoms with van der Waals surface area (Å²) in [6, 6.07) is 9.55. The molecule has 3 aromatic heterocycles. The SMILES string of the molecule is COc1ccc(-c2nc(COC(=O)c3csc(-c4cccs4)n3)cs2)cc1OC. The van der Waals surface area contributed by atoms with E-state index < -0.39 is 5.97 Å². The Morgan fingerprint density at radius 1 is 0.966 bits per heavy atom. The largest absolute Gasteiger partial charge is 0.493 e. The molecular weight excluding hydrogens is 428 g/mol. The highest BCUT2D eigenvalue weighted by Crippen LogP contribution is 2.33. The molecule has 1 aromatic carbocycles. The Morgan fingerprint density at radius 2 is 1.79 bits per heavy atom. The first kappa shape index (κ1) is 19.6. The highest BCUT2D eigenvalue weighted by atomic mass is 32.1. The molecule has 0 saturated heterocycles. The molecule has 0 unspecified atom stereocenters. The number of methoxy groups -OCH3 is 2. The summed E-state index contributed by atoms with van der Waals surface area (Å²) in [5.74, 6) is 0.843. The van der Waals surface area contributed by atoms with Crippen molar-refractivity contribution in [1.29, 1.82) is 0 Å². The molecule has 4 rings (SSSR count). The van der Waals surface area contributed by atoms with Gasteiger partial charge in [0.1, 0.15) is 16.6 Å². The number of aromatic nitrogens is 2. The van der Waals surface area contributed by atoms with Crippen LogP contribution in [0.1, 0.15) is 16.2 Å². The summed E-state index contributed by atoms with van der Waals surface area (Å²) < 4.78 is 16.0. The fourth-order valence-electron chi connectivity index (χ4n) is 2.57. The number of hydrogen-bond donors (Lipinski definition) is 0. The molecule has 0 aliphatic carbocycles. The molecule has 29 heavy (non-hydrogen) atoms. The number of thiophene rings is 1. The lowest BCUT2D eigenvalue weighted by Crippen LogP contribution is -2.05. The molecule has 0 radical (unpaired) electrons. The Morgan fingerprint density at radius 3 is 2.55 bits per heavy atom. The molecule has 4 aromatic rings. The summed E-state index contributed by atoms with van der Waals surface area (Å²) >= 11 is 4.49. The monoisotopic (exact) mass is 444 g/mol. The fourth-order valence-corrected chi connectivity index (χ4v) is 4.97. The van der Waals surface area contributed by atoms with Crippen molar-refractivity contribution in [2.24, 2.45) is 0 Å². The van der Waals surface area contributed by atoms with Crippen LogP contribution in [-0.4, -0.2) is 30.2 Å². The maximum atomic E-state index is 12.3. The second-order valence-corrected chi connectivity index (χ2v) is 8.47. The summed E-state index contributed by atoms with van der Waals surface area (Å²) in [5, 5.41) is 7.19. The van der Waals surface area contributed by atoms with E-state index in [1.807, 2.05) is 41.1 Å². The second-order valence-electron chi connectivity index (χ2n) is 5.81. The molecule has 0 N–H and O–H groups in total. The Balaban J connectivity index is 1.41. The standard InChI is InChI=1S/C20H16N2O4S3/c1-24-15-6-5-12(8-16(15)25-2)18-21-13(10-28-18)9-26-20(23)14-11-29-19(22-14)17-4-3-7-27-17/h3-8,10-11H,9H2,1-2H3. The van der Waals surface area contributed by atoms with E-state index in [1.54, 1.807) is 30.9 Å². The van der Waals surface area contributed by atoms with Crippen LogP contribution in [-0.2, 0) is 11.3 Å². The number of benzene rings is 1. The van der Waals surface area contributed by atoms with E-state index in [1.165, 1.54) is 22.7 Å². The zero-order valence-electron chi connectivity index (χ0n) is 15.6. The van der Waals surface area contributed by atoms with E-state index in [0.29, 0.717) is 22.9 Å². The number of esters is 1. The summed E-state index contributed by atoms with van der Waals surface area (Å²) in [6.07, 6.45) is 0. The minimum atomic E-state index is -0.454. The van der Waals surface area contributed by atoms with Gasteiger partial charge in [-0.05, 0) is 29.6 Å². The van der Waals surface area contributed by atoms with Crippen LogP contribution in [0.5, 0.6) is 11.5 Å². The molecule has 9 heteroatoms. The Labute approximate surface area is 179 Å². The molecule has 0 amide bonds. The van der Waals surface area contributed by atoms with Gasteiger partial charge in [-0.25, -0.2) is 14.8 Å². The van der Waals surface area contributed by atoms with Crippen LogP contribution in [0.15, 0.2) is 46.5 Å².